The molecule has 3 rings (SSSR count). The van der Waals surface area contributed by atoms with Gasteiger partial charge in [0.2, 0.25) is 0 Å². The molecule has 0 unspecified atom stereocenters. The van der Waals surface area contributed by atoms with Crippen molar-refractivity contribution in [1.82, 2.24) is 5.43 Å². The fourth-order valence-corrected chi connectivity index (χ4v) is 2.73. The fourth-order valence-electron chi connectivity index (χ4n) is 2.73. The molecular formula is C25H26N2O3. The molecule has 0 heterocycles. The smallest absolute Gasteiger partial charge is 0.275 e. The Morgan fingerprint density at radius 2 is 1.67 bits per heavy atom. The van der Waals surface area contributed by atoms with Crippen LogP contribution in [0.3, 0.4) is 0 Å². The maximum atomic E-state index is 12.5. The van der Waals surface area contributed by atoms with E-state index in [1.165, 1.54) is 0 Å². The van der Waals surface area contributed by atoms with Crippen LogP contribution >= 0.6 is 0 Å². The second-order valence-corrected chi connectivity index (χ2v) is 6.74. The van der Waals surface area contributed by atoms with Gasteiger partial charge in [0.25, 0.3) is 5.91 Å². The first kappa shape index (κ1) is 21.1. The lowest BCUT2D eigenvalue weighted by Gasteiger charge is -2.10. The van der Waals surface area contributed by atoms with Crippen molar-refractivity contribution in [2.75, 3.05) is 6.61 Å². The van der Waals surface area contributed by atoms with E-state index in [1.54, 1.807) is 24.4 Å². The van der Waals surface area contributed by atoms with Gasteiger partial charge < -0.3 is 9.47 Å². The molecule has 1 N–H and O–H groups in total. The van der Waals surface area contributed by atoms with Crippen LogP contribution in [0, 0.1) is 0 Å². The molecule has 5 heteroatoms. The Hall–Kier alpha value is -3.60. The highest BCUT2D eigenvalue weighted by atomic mass is 16.5. The van der Waals surface area contributed by atoms with E-state index in [4.69, 9.17) is 9.47 Å². The van der Waals surface area contributed by atoms with E-state index in [1.807, 2.05) is 60.7 Å². The summed E-state index contributed by atoms with van der Waals surface area (Å²) in [7, 11) is 0. The normalized spacial score (nSPS) is 10.7. The van der Waals surface area contributed by atoms with Gasteiger partial charge in [-0.15, -0.1) is 0 Å². The number of carbonyl (C=O) groups is 1. The predicted molar refractivity (Wildman–Crippen MR) is 119 cm³/mol. The molecule has 0 aliphatic rings. The molecule has 0 saturated heterocycles. The summed E-state index contributed by atoms with van der Waals surface area (Å²) in [5.74, 6) is 1.02. The van der Waals surface area contributed by atoms with E-state index in [2.05, 4.69) is 17.5 Å². The van der Waals surface area contributed by atoms with E-state index < -0.39 is 0 Å². The number of hydrogen-bond donors (Lipinski definition) is 1. The summed E-state index contributed by atoms with van der Waals surface area (Å²) in [6, 6.07) is 24.5. The number of nitrogens with one attached hydrogen (secondary N) is 1. The molecule has 154 valence electrons. The van der Waals surface area contributed by atoms with E-state index >= 15 is 0 Å². The Morgan fingerprint density at radius 1 is 0.933 bits per heavy atom. The minimum absolute atomic E-state index is 0.325. The lowest BCUT2D eigenvalue weighted by Crippen LogP contribution is -2.18. The number of unbranched alkanes of at least 4 members (excludes halogenated alkanes) is 1. The zero-order valence-corrected chi connectivity index (χ0v) is 17.1. The van der Waals surface area contributed by atoms with Crippen LogP contribution in [0.4, 0.5) is 0 Å². The molecule has 1 amide bonds. The summed E-state index contributed by atoms with van der Waals surface area (Å²) in [6.45, 7) is 3.23. The lowest BCUT2D eigenvalue weighted by atomic mass is 10.2. The summed E-state index contributed by atoms with van der Waals surface area (Å²) >= 11 is 0. The van der Waals surface area contributed by atoms with Gasteiger partial charge in [-0.05, 0) is 53.9 Å². The largest absolute Gasteiger partial charge is 0.494 e. The van der Waals surface area contributed by atoms with Gasteiger partial charge in [0.15, 0.2) is 0 Å². The predicted octanol–water partition coefficient (Wildman–Crippen LogP) is 5.21. The highest BCUT2D eigenvalue weighted by Crippen LogP contribution is 2.19. The SMILES string of the molecule is CCCCOc1ccc(C=NNC(=O)c2ccccc2OCc2ccccc2)cc1. The molecule has 0 fully saturated rings. The highest BCUT2D eigenvalue weighted by Gasteiger charge is 2.11. The summed E-state index contributed by atoms with van der Waals surface area (Å²) in [5, 5.41) is 4.06. The van der Waals surface area contributed by atoms with Crippen molar-refractivity contribution in [2.45, 2.75) is 26.4 Å². The molecule has 3 aromatic carbocycles. The van der Waals surface area contributed by atoms with Crippen molar-refractivity contribution < 1.29 is 14.3 Å². The van der Waals surface area contributed by atoms with E-state index in [9.17, 15) is 4.79 Å². The number of hydrazone groups is 1. The Bertz CT molecular complexity index is 954. The number of amides is 1. The second-order valence-electron chi connectivity index (χ2n) is 6.74. The number of rotatable bonds is 10. The maximum absolute atomic E-state index is 12.5. The van der Waals surface area contributed by atoms with Crippen LogP contribution in [-0.4, -0.2) is 18.7 Å². The number of para-hydroxylation sites is 1. The molecule has 0 aliphatic carbocycles. The van der Waals surface area contributed by atoms with E-state index in [0.717, 1.165) is 29.7 Å². The molecule has 30 heavy (non-hydrogen) atoms. The van der Waals surface area contributed by atoms with Crippen molar-refractivity contribution in [2.24, 2.45) is 5.10 Å². The zero-order chi connectivity index (χ0) is 21.0. The third kappa shape index (κ3) is 6.48. The maximum Gasteiger partial charge on any atom is 0.275 e. The first-order valence-electron chi connectivity index (χ1n) is 10.1. The quantitative estimate of drug-likeness (QED) is 0.288. The molecule has 5 nitrogen and oxygen atoms in total. The van der Waals surface area contributed by atoms with Crippen LogP contribution in [0.5, 0.6) is 11.5 Å². The molecule has 0 atom stereocenters. The molecule has 0 aromatic heterocycles. The van der Waals surface area contributed by atoms with Crippen LogP contribution in [0.1, 0.15) is 41.3 Å². The van der Waals surface area contributed by atoms with Gasteiger partial charge in [-0.2, -0.15) is 5.10 Å². The van der Waals surface area contributed by atoms with Gasteiger partial charge in [0, 0.05) is 0 Å². The van der Waals surface area contributed by atoms with Crippen LogP contribution in [0.2, 0.25) is 0 Å². The van der Waals surface area contributed by atoms with Gasteiger partial charge in [-0.1, -0.05) is 55.8 Å². The summed E-state index contributed by atoms with van der Waals surface area (Å²) in [4.78, 5) is 12.5. The third-order valence-electron chi connectivity index (χ3n) is 4.40. The number of hydrogen-bond acceptors (Lipinski definition) is 4. The standard InChI is InChI=1S/C25H26N2O3/c1-2-3-17-29-22-15-13-20(14-16-22)18-26-27-25(28)23-11-7-8-12-24(23)30-19-21-9-5-4-6-10-21/h4-16,18H,2-3,17,19H2,1H3,(H,27,28). The first-order valence-corrected chi connectivity index (χ1v) is 10.1. The minimum atomic E-state index is -0.325. The van der Waals surface area contributed by atoms with Crippen LogP contribution in [0.25, 0.3) is 0 Å². The average molecular weight is 402 g/mol. The monoisotopic (exact) mass is 402 g/mol. The van der Waals surface area contributed by atoms with Gasteiger partial charge in [0.05, 0.1) is 18.4 Å². The zero-order valence-electron chi connectivity index (χ0n) is 17.1. The molecule has 0 saturated carbocycles. The summed E-state index contributed by atoms with van der Waals surface area (Å²) < 4.78 is 11.5. The van der Waals surface area contributed by atoms with Crippen molar-refractivity contribution in [3.63, 3.8) is 0 Å². The molecule has 0 spiro atoms. The van der Waals surface area contributed by atoms with E-state index in [0.29, 0.717) is 24.5 Å². The summed E-state index contributed by atoms with van der Waals surface area (Å²) in [6.07, 6.45) is 3.73. The average Bonchev–Trinajstić information content (AvgIpc) is 2.80. The number of ether oxygens (including phenoxy) is 2. The Morgan fingerprint density at radius 3 is 2.43 bits per heavy atom. The minimum Gasteiger partial charge on any atom is -0.494 e. The van der Waals surface area contributed by atoms with Gasteiger partial charge in [-0.25, -0.2) is 5.43 Å². The molecular weight excluding hydrogens is 376 g/mol. The van der Waals surface area contributed by atoms with E-state index in [-0.39, 0.29) is 5.91 Å². The number of benzene rings is 3. The molecule has 3 aromatic rings. The van der Waals surface area contributed by atoms with Crippen molar-refractivity contribution in [3.8, 4) is 11.5 Å². The summed E-state index contributed by atoms with van der Waals surface area (Å²) in [5.41, 5.74) is 4.90. The Balaban J connectivity index is 1.55. The van der Waals surface area contributed by atoms with Gasteiger partial charge in [0.1, 0.15) is 18.1 Å². The van der Waals surface area contributed by atoms with Gasteiger partial charge in [-0.3, -0.25) is 4.79 Å². The van der Waals surface area contributed by atoms with Crippen LogP contribution in [-0.2, 0) is 6.61 Å². The molecule has 0 bridgehead atoms. The third-order valence-corrected chi connectivity index (χ3v) is 4.40. The second kappa shape index (κ2) is 11.4. The number of carbonyl (C=O) groups excluding carboxylic acids is 1. The highest BCUT2D eigenvalue weighted by molar-refractivity contribution is 5.97. The Labute approximate surface area is 177 Å². The van der Waals surface area contributed by atoms with Crippen molar-refractivity contribution >= 4 is 12.1 Å². The molecule has 0 radical (unpaired) electrons. The fraction of sp³-hybridized carbons (Fsp3) is 0.200. The Kier molecular flexibility index (Phi) is 8.03. The van der Waals surface area contributed by atoms with Crippen molar-refractivity contribution in [3.05, 3.63) is 95.6 Å². The lowest BCUT2D eigenvalue weighted by molar-refractivity contribution is 0.0950. The van der Waals surface area contributed by atoms with Crippen LogP contribution < -0.4 is 14.9 Å². The molecule has 0 aliphatic heterocycles. The number of nitrogens with zero attached hydrogens (tertiary/aromatic N) is 1. The van der Waals surface area contributed by atoms with Crippen LogP contribution in [0.15, 0.2) is 84.0 Å². The van der Waals surface area contributed by atoms with Crippen molar-refractivity contribution in [1.29, 1.82) is 0 Å². The first-order chi connectivity index (χ1) is 14.8. The van der Waals surface area contributed by atoms with Gasteiger partial charge >= 0.3 is 0 Å². The topological polar surface area (TPSA) is 59.9 Å².